The lowest BCUT2D eigenvalue weighted by Crippen LogP contribution is -2.49. The summed E-state index contributed by atoms with van der Waals surface area (Å²) in [6.07, 6.45) is 8.39. The highest BCUT2D eigenvalue weighted by atomic mass is 15.1. The van der Waals surface area contributed by atoms with Gasteiger partial charge in [0.1, 0.15) is 0 Å². The molecule has 0 aromatic rings. The van der Waals surface area contributed by atoms with Crippen LogP contribution >= 0.6 is 0 Å². The molecule has 0 bridgehead atoms. The number of piperidine rings is 1. The number of nitrogens with one attached hydrogen (secondary N) is 1. The van der Waals surface area contributed by atoms with Crippen LogP contribution in [0.25, 0.3) is 0 Å². The first-order valence-electron chi connectivity index (χ1n) is 7.25. The Kier molecular flexibility index (Phi) is 4.26. The van der Waals surface area contributed by atoms with Crippen molar-refractivity contribution in [1.82, 2.24) is 10.2 Å². The molecule has 0 aromatic carbocycles. The number of rotatable bonds is 4. The van der Waals surface area contributed by atoms with E-state index in [1.165, 1.54) is 64.7 Å². The van der Waals surface area contributed by atoms with Crippen LogP contribution in [0.15, 0.2) is 0 Å². The average Bonchev–Trinajstić information content (AvgIpc) is 2.78. The highest BCUT2D eigenvalue weighted by Crippen LogP contribution is 2.33. The minimum atomic E-state index is 0.493. The Balaban J connectivity index is 1.86. The van der Waals surface area contributed by atoms with Crippen LogP contribution in [0.2, 0.25) is 0 Å². The largest absolute Gasteiger partial charge is 0.311 e. The molecule has 0 aromatic heterocycles. The molecular weight excluding hydrogens is 196 g/mol. The van der Waals surface area contributed by atoms with Gasteiger partial charge in [-0.3, -0.25) is 0 Å². The number of nitrogens with zero attached hydrogens (tertiary/aromatic N) is 1. The molecule has 0 saturated carbocycles. The fraction of sp³-hybridized carbons (Fsp3) is 1.00. The van der Waals surface area contributed by atoms with Crippen molar-refractivity contribution in [2.24, 2.45) is 5.92 Å². The summed E-state index contributed by atoms with van der Waals surface area (Å²) in [5, 5.41) is 3.82. The minimum Gasteiger partial charge on any atom is -0.311 e. The van der Waals surface area contributed by atoms with Crippen LogP contribution in [0.1, 0.15) is 52.4 Å². The maximum Gasteiger partial charge on any atom is 0.0182 e. The fourth-order valence-corrected chi connectivity index (χ4v) is 3.57. The van der Waals surface area contributed by atoms with Crippen LogP contribution in [-0.4, -0.2) is 36.6 Å². The van der Waals surface area contributed by atoms with Gasteiger partial charge in [0.15, 0.2) is 0 Å². The van der Waals surface area contributed by atoms with Gasteiger partial charge >= 0.3 is 0 Å². The lowest BCUT2D eigenvalue weighted by molar-refractivity contribution is 0.193. The molecule has 2 heterocycles. The third kappa shape index (κ3) is 2.78. The first-order valence-corrected chi connectivity index (χ1v) is 7.25. The summed E-state index contributed by atoms with van der Waals surface area (Å²) in [7, 11) is 0. The monoisotopic (exact) mass is 224 g/mol. The van der Waals surface area contributed by atoms with Crippen LogP contribution in [0.3, 0.4) is 0 Å². The molecule has 2 aliphatic rings. The van der Waals surface area contributed by atoms with Crippen molar-refractivity contribution in [3.05, 3.63) is 0 Å². The van der Waals surface area contributed by atoms with E-state index in [-0.39, 0.29) is 0 Å². The molecule has 0 amide bonds. The molecule has 2 rings (SSSR count). The van der Waals surface area contributed by atoms with Crippen molar-refractivity contribution in [3.8, 4) is 0 Å². The lowest BCUT2D eigenvalue weighted by atomic mass is 9.79. The SMILES string of the molecule is CCN1CCC(CC2(CC)CCCCN2)C1. The van der Waals surface area contributed by atoms with Gasteiger partial charge in [-0.2, -0.15) is 0 Å². The maximum atomic E-state index is 3.82. The summed E-state index contributed by atoms with van der Waals surface area (Å²) in [6, 6.07) is 0. The molecule has 0 radical (unpaired) electrons. The summed E-state index contributed by atoms with van der Waals surface area (Å²) >= 11 is 0. The van der Waals surface area contributed by atoms with Crippen LogP contribution in [0, 0.1) is 5.92 Å². The summed E-state index contributed by atoms with van der Waals surface area (Å²) in [5.41, 5.74) is 0.493. The van der Waals surface area contributed by atoms with Gasteiger partial charge in [0.25, 0.3) is 0 Å². The molecule has 0 aliphatic carbocycles. The molecule has 2 heteroatoms. The summed E-state index contributed by atoms with van der Waals surface area (Å²) in [4.78, 5) is 2.61. The Morgan fingerprint density at radius 1 is 1.31 bits per heavy atom. The summed E-state index contributed by atoms with van der Waals surface area (Å²) in [6.45, 7) is 9.82. The molecule has 2 unspecified atom stereocenters. The van der Waals surface area contributed by atoms with Crippen molar-refractivity contribution >= 4 is 0 Å². The van der Waals surface area contributed by atoms with E-state index in [4.69, 9.17) is 0 Å². The van der Waals surface area contributed by atoms with Gasteiger partial charge in [0.05, 0.1) is 0 Å². The molecule has 94 valence electrons. The van der Waals surface area contributed by atoms with E-state index in [0.29, 0.717) is 5.54 Å². The van der Waals surface area contributed by atoms with E-state index in [1.54, 1.807) is 0 Å². The van der Waals surface area contributed by atoms with Crippen molar-refractivity contribution in [3.63, 3.8) is 0 Å². The van der Waals surface area contributed by atoms with E-state index >= 15 is 0 Å². The summed E-state index contributed by atoms with van der Waals surface area (Å²) < 4.78 is 0. The molecule has 2 saturated heterocycles. The Morgan fingerprint density at radius 3 is 2.75 bits per heavy atom. The predicted molar refractivity (Wildman–Crippen MR) is 69.7 cm³/mol. The molecule has 0 spiro atoms. The van der Waals surface area contributed by atoms with E-state index in [2.05, 4.69) is 24.1 Å². The topological polar surface area (TPSA) is 15.3 Å². The zero-order valence-electron chi connectivity index (χ0n) is 11.1. The van der Waals surface area contributed by atoms with Crippen molar-refractivity contribution in [1.29, 1.82) is 0 Å². The third-order valence-electron chi connectivity index (χ3n) is 4.76. The molecule has 2 nitrogen and oxygen atoms in total. The van der Waals surface area contributed by atoms with Crippen LogP contribution in [0.5, 0.6) is 0 Å². The highest BCUT2D eigenvalue weighted by Gasteiger charge is 2.34. The smallest absolute Gasteiger partial charge is 0.0182 e. The van der Waals surface area contributed by atoms with Gasteiger partial charge in [-0.25, -0.2) is 0 Å². The lowest BCUT2D eigenvalue weighted by Gasteiger charge is -2.39. The van der Waals surface area contributed by atoms with Gasteiger partial charge in [-0.1, -0.05) is 20.3 Å². The van der Waals surface area contributed by atoms with Crippen LogP contribution in [0.4, 0.5) is 0 Å². The van der Waals surface area contributed by atoms with Gasteiger partial charge in [-0.15, -0.1) is 0 Å². The number of hydrogen-bond donors (Lipinski definition) is 1. The number of likely N-dealkylation sites (tertiary alicyclic amines) is 1. The Bertz CT molecular complexity index is 209. The molecule has 2 aliphatic heterocycles. The van der Waals surface area contributed by atoms with Crippen molar-refractivity contribution in [2.75, 3.05) is 26.2 Å². The second-order valence-electron chi connectivity index (χ2n) is 5.77. The van der Waals surface area contributed by atoms with E-state index < -0.39 is 0 Å². The van der Waals surface area contributed by atoms with Crippen LogP contribution < -0.4 is 5.32 Å². The standard InChI is InChI=1S/C14H28N2/c1-3-14(8-5-6-9-15-14)11-13-7-10-16(4-2)12-13/h13,15H,3-12H2,1-2H3. The van der Waals surface area contributed by atoms with Crippen molar-refractivity contribution < 1.29 is 0 Å². The quantitative estimate of drug-likeness (QED) is 0.790. The van der Waals surface area contributed by atoms with Crippen LogP contribution in [-0.2, 0) is 0 Å². The van der Waals surface area contributed by atoms with Gasteiger partial charge in [0.2, 0.25) is 0 Å². The Hall–Kier alpha value is -0.0800. The average molecular weight is 224 g/mol. The van der Waals surface area contributed by atoms with E-state index in [1.807, 2.05) is 0 Å². The molecule has 2 atom stereocenters. The summed E-state index contributed by atoms with van der Waals surface area (Å²) in [5.74, 6) is 0.950. The van der Waals surface area contributed by atoms with E-state index in [0.717, 1.165) is 5.92 Å². The van der Waals surface area contributed by atoms with Gasteiger partial charge in [0, 0.05) is 12.1 Å². The number of hydrogen-bond acceptors (Lipinski definition) is 2. The Labute approximate surface area is 101 Å². The minimum absolute atomic E-state index is 0.493. The molecule has 16 heavy (non-hydrogen) atoms. The second kappa shape index (κ2) is 5.50. The van der Waals surface area contributed by atoms with Gasteiger partial charge in [-0.05, 0) is 57.7 Å². The molecule has 2 fully saturated rings. The Morgan fingerprint density at radius 2 is 2.19 bits per heavy atom. The third-order valence-corrected chi connectivity index (χ3v) is 4.76. The molecule has 1 N–H and O–H groups in total. The maximum absolute atomic E-state index is 3.82. The first kappa shape index (κ1) is 12.4. The highest BCUT2D eigenvalue weighted by molar-refractivity contribution is 4.93. The van der Waals surface area contributed by atoms with E-state index in [9.17, 15) is 0 Å². The fourth-order valence-electron chi connectivity index (χ4n) is 3.57. The second-order valence-corrected chi connectivity index (χ2v) is 5.77. The predicted octanol–water partition coefficient (Wildman–Crippen LogP) is 2.64. The molecular formula is C14H28N2. The zero-order chi connectivity index (χ0) is 11.4. The van der Waals surface area contributed by atoms with Crippen molar-refractivity contribution in [2.45, 2.75) is 57.9 Å². The van der Waals surface area contributed by atoms with Gasteiger partial charge < -0.3 is 10.2 Å². The first-order chi connectivity index (χ1) is 7.78. The normalized spacial score (nSPS) is 36.8. The zero-order valence-corrected chi connectivity index (χ0v) is 11.1.